The Morgan fingerprint density at radius 3 is 2.33 bits per heavy atom. The number of alkyl halides is 3. The maximum atomic E-state index is 13.6. The zero-order valence-electron chi connectivity index (χ0n) is 27.0. The van der Waals surface area contributed by atoms with Gasteiger partial charge in [0.1, 0.15) is 0 Å². The number of methoxy groups -OCH3 is 1. The molecule has 246 valence electrons. The Labute approximate surface area is 284 Å². The highest BCUT2D eigenvalue weighted by Gasteiger charge is 2.49. The van der Waals surface area contributed by atoms with Crippen LogP contribution in [-0.2, 0) is 16.5 Å². The summed E-state index contributed by atoms with van der Waals surface area (Å²) in [7, 11) is 1.35. The number of carbonyl (C=O) groups excluding carboxylic acids is 1. The first kappa shape index (κ1) is 32.0. The highest BCUT2D eigenvalue weighted by atomic mass is 19.4. The molecule has 5 nitrogen and oxygen atoms in total. The molecule has 2 heterocycles. The molecule has 3 aliphatic rings. The first-order valence-corrected chi connectivity index (χ1v) is 16.4. The fourth-order valence-corrected chi connectivity index (χ4v) is 6.72. The summed E-state index contributed by atoms with van der Waals surface area (Å²) in [5.41, 5.74) is 4.12. The smallest absolute Gasteiger partial charge is 0.416 e. The van der Waals surface area contributed by atoms with E-state index in [0.717, 1.165) is 60.3 Å². The van der Waals surface area contributed by atoms with E-state index in [0.29, 0.717) is 29.3 Å². The van der Waals surface area contributed by atoms with Crippen molar-refractivity contribution in [3.8, 4) is 11.8 Å². The second-order valence-corrected chi connectivity index (χ2v) is 12.3. The highest BCUT2D eigenvalue weighted by molar-refractivity contribution is 6.20. The Morgan fingerprint density at radius 1 is 0.918 bits per heavy atom. The van der Waals surface area contributed by atoms with Gasteiger partial charge in [0.25, 0.3) is 0 Å². The fraction of sp³-hybridized carbons (Fsp3) is 0.220. The van der Waals surface area contributed by atoms with Crippen molar-refractivity contribution >= 4 is 29.0 Å². The molecular formula is C41H34F3N3O2. The van der Waals surface area contributed by atoms with Crippen molar-refractivity contribution in [2.75, 3.05) is 23.5 Å². The zero-order chi connectivity index (χ0) is 34.0. The lowest BCUT2D eigenvalue weighted by Gasteiger charge is -2.41. The number of aliphatic imine (C=N–C) groups is 1. The van der Waals surface area contributed by atoms with Crippen LogP contribution in [0, 0.1) is 11.8 Å². The Morgan fingerprint density at radius 2 is 1.65 bits per heavy atom. The second-order valence-electron chi connectivity index (χ2n) is 12.3. The van der Waals surface area contributed by atoms with Gasteiger partial charge in [0.05, 0.1) is 35.3 Å². The number of hydrogen-bond donors (Lipinski definition) is 0. The number of rotatable bonds is 6. The molecule has 8 heteroatoms. The van der Waals surface area contributed by atoms with Gasteiger partial charge in [-0.1, -0.05) is 84.2 Å². The number of ether oxygens (including phenoxy) is 1. The molecule has 7 rings (SSSR count). The normalized spacial score (nSPS) is 18.3. The molecule has 0 N–H and O–H groups in total. The monoisotopic (exact) mass is 657 g/mol. The number of fused-ring (bicyclic) bond motifs is 3. The van der Waals surface area contributed by atoms with Crippen molar-refractivity contribution in [1.29, 1.82) is 0 Å². The molecule has 0 unspecified atom stereocenters. The molecule has 0 amide bonds. The van der Waals surface area contributed by atoms with Gasteiger partial charge in [0.2, 0.25) is 5.96 Å². The average molecular weight is 658 g/mol. The highest BCUT2D eigenvalue weighted by Crippen LogP contribution is 2.50. The van der Waals surface area contributed by atoms with Crippen LogP contribution in [0.2, 0.25) is 0 Å². The van der Waals surface area contributed by atoms with Gasteiger partial charge in [-0.25, -0.2) is 9.79 Å². The van der Waals surface area contributed by atoms with E-state index in [4.69, 9.17) is 9.73 Å². The third-order valence-electron chi connectivity index (χ3n) is 9.22. The van der Waals surface area contributed by atoms with E-state index in [1.54, 1.807) is 6.07 Å². The predicted molar refractivity (Wildman–Crippen MR) is 187 cm³/mol. The number of carbonyl (C=O) groups is 1. The number of benzene rings is 4. The molecule has 1 atom stereocenters. The molecule has 0 aromatic heterocycles. The summed E-state index contributed by atoms with van der Waals surface area (Å²) in [6.07, 6.45) is 5.06. The second kappa shape index (κ2) is 13.2. The van der Waals surface area contributed by atoms with Gasteiger partial charge in [-0.05, 0) is 86.2 Å². The molecule has 2 aliphatic heterocycles. The Balaban J connectivity index is 1.47. The molecule has 0 saturated heterocycles. The lowest BCUT2D eigenvalue weighted by molar-refractivity contribution is -0.137. The van der Waals surface area contributed by atoms with E-state index >= 15 is 0 Å². The van der Waals surface area contributed by atoms with Gasteiger partial charge >= 0.3 is 12.1 Å². The van der Waals surface area contributed by atoms with Gasteiger partial charge in [-0.3, -0.25) is 4.90 Å². The third kappa shape index (κ3) is 6.25. The van der Waals surface area contributed by atoms with E-state index in [2.05, 4.69) is 27.7 Å². The van der Waals surface area contributed by atoms with Crippen LogP contribution >= 0.6 is 0 Å². The van der Waals surface area contributed by atoms with Crippen molar-refractivity contribution in [2.24, 2.45) is 4.99 Å². The van der Waals surface area contributed by atoms with E-state index in [-0.39, 0.29) is 0 Å². The standard InChI is InChI=1S/C41H34F3N3O2/c1-49-38(48)32-19-22-36-37(27-32)47-39(46(36)26-24-30-13-7-3-8-14-30)45-35(31-17-20-34(21-18-31)41(42,43)44)28-40(47,33-15-9-4-10-16-33)25-23-29-11-5-2-6-12-29/h2,4-6,9-13,15-22,27-28H,3,7-8,14,24,26H2,1H3/t40-/m0/s1. The summed E-state index contributed by atoms with van der Waals surface area (Å²) >= 11 is 0. The van der Waals surface area contributed by atoms with Crippen molar-refractivity contribution in [1.82, 2.24) is 0 Å². The summed E-state index contributed by atoms with van der Waals surface area (Å²) in [6.45, 7) is 0.614. The minimum Gasteiger partial charge on any atom is -0.465 e. The topological polar surface area (TPSA) is 45.1 Å². The molecule has 49 heavy (non-hydrogen) atoms. The van der Waals surface area contributed by atoms with Crippen LogP contribution in [0.4, 0.5) is 24.5 Å². The minimum atomic E-state index is -4.47. The number of halogens is 3. The van der Waals surface area contributed by atoms with Crippen molar-refractivity contribution in [3.05, 3.63) is 149 Å². The summed E-state index contributed by atoms with van der Waals surface area (Å²) in [5, 5.41) is 0. The number of nitrogens with zero attached hydrogens (tertiary/aromatic N) is 3. The van der Waals surface area contributed by atoms with Gasteiger partial charge in [0, 0.05) is 17.7 Å². The molecule has 0 saturated carbocycles. The van der Waals surface area contributed by atoms with E-state index in [1.807, 2.05) is 78.9 Å². The predicted octanol–water partition coefficient (Wildman–Crippen LogP) is 9.37. The Hall–Kier alpha value is -5.55. The van der Waals surface area contributed by atoms with Crippen molar-refractivity contribution in [3.63, 3.8) is 0 Å². The molecule has 0 bridgehead atoms. The van der Waals surface area contributed by atoms with Crippen LogP contribution in [0.25, 0.3) is 5.70 Å². The maximum absolute atomic E-state index is 13.6. The van der Waals surface area contributed by atoms with Crippen LogP contribution in [0.15, 0.2) is 126 Å². The average Bonchev–Trinajstić information content (AvgIpc) is 3.46. The summed E-state index contributed by atoms with van der Waals surface area (Å²) < 4.78 is 45.9. The van der Waals surface area contributed by atoms with Gasteiger partial charge in [-0.15, -0.1) is 0 Å². The molecule has 0 spiro atoms. The minimum absolute atomic E-state index is 0.382. The number of esters is 1. The Bertz CT molecular complexity index is 2020. The van der Waals surface area contributed by atoms with Gasteiger partial charge in [0.15, 0.2) is 5.54 Å². The van der Waals surface area contributed by atoms with Crippen molar-refractivity contribution < 1.29 is 22.7 Å². The summed E-state index contributed by atoms with van der Waals surface area (Å²) in [4.78, 5) is 22.2. The molecule has 4 aromatic carbocycles. The molecular weight excluding hydrogens is 623 g/mol. The quantitative estimate of drug-likeness (QED) is 0.118. The Kier molecular flexibility index (Phi) is 8.60. The zero-order valence-corrected chi connectivity index (χ0v) is 27.0. The van der Waals surface area contributed by atoms with E-state index < -0.39 is 23.2 Å². The first-order chi connectivity index (χ1) is 23.8. The number of anilines is 2. The van der Waals surface area contributed by atoms with Crippen molar-refractivity contribution in [2.45, 2.75) is 43.8 Å². The summed E-state index contributed by atoms with van der Waals surface area (Å²) in [6, 6.07) is 30.0. The van der Waals surface area contributed by atoms with Crippen LogP contribution in [0.3, 0.4) is 0 Å². The third-order valence-corrected chi connectivity index (χ3v) is 9.22. The SMILES string of the molecule is COC(=O)c1ccc2c(c1)N1C(=NC(c3ccc(C(F)(F)F)cc3)=C[C@@]1(C#Cc1ccccc1)c1ccccc1)N2CCC1=CCCCC1. The lowest BCUT2D eigenvalue weighted by atomic mass is 9.85. The first-order valence-electron chi connectivity index (χ1n) is 16.4. The van der Waals surface area contributed by atoms with Crippen LogP contribution < -0.4 is 9.80 Å². The molecule has 1 aliphatic carbocycles. The van der Waals surface area contributed by atoms with Crippen LogP contribution in [0.1, 0.15) is 64.7 Å². The molecule has 4 aromatic rings. The van der Waals surface area contributed by atoms with Crippen LogP contribution in [-0.4, -0.2) is 25.6 Å². The number of hydrogen-bond acceptors (Lipinski definition) is 5. The lowest BCUT2D eigenvalue weighted by Crippen LogP contribution is -2.52. The van der Waals surface area contributed by atoms with E-state index in [9.17, 15) is 18.0 Å². The van der Waals surface area contributed by atoms with Gasteiger partial charge < -0.3 is 9.64 Å². The summed E-state index contributed by atoms with van der Waals surface area (Å²) in [5.74, 6) is 7.09. The van der Waals surface area contributed by atoms with Gasteiger partial charge in [-0.2, -0.15) is 13.2 Å². The largest absolute Gasteiger partial charge is 0.465 e. The number of guanidine groups is 1. The molecule has 0 fully saturated rings. The maximum Gasteiger partial charge on any atom is 0.416 e. The van der Waals surface area contributed by atoms with Crippen LogP contribution in [0.5, 0.6) is 0 Å². The molecule has 0 radical (unpaired) electrons. The number of allylic oxidation sites excluding steroid dienone is 1. The van der Waals surface area contributed by atoms with E-state index in [1.165, 1.54) is 31.2 Å². The fourth-order valence-electron chi connectivity index (χ4n) is 6.72.